The van der Waals surface area contributed by atoms with Crippen LogP contribution in [-0.4, -0.2) is 12.6 Å². The third kappa shape index (κ3) is 1.49. The van der Waals surface area contributed by atoms with Gasteiger partial charge in [0.1, 0.15) is 0 Å². The molecule has 1 saturated carbocycles. The fraction of sp³-hybridized carbons (Fsp3) is 0.600. The first-order chi connectivity index (χ1) is 7.81. The van der Waals surface area contributed by atoms with Crippen LogP contribution in [0.1, 0.15) is 43.2 Å². The quantitative estimate of drug-likeness (QED) is 0.799. The molecule has 16 heavy (non-hydrogen) atoms. The standard InChI is InChI=1S/C15H21N/c1-12-5-7-13(8-6-12)15(9-3-10-15)14-4-2-11-16-14/h5-8,14,16H,2-4,9-11H2,1H3. The van der Waals surface area contributed by atoms with Crippen LogP contribution in [0.3, 0.4) is 0 Å². The van der Waals surface area contributed by atoms with Gasteiger partial charge in [-0.05, 0) is 44.7 Å². The maximum Gasteiger partial charge on any atom is 0.0164 e. The molecule has 1 aromatic rings. The van der Waals surface area contributed by atoms with Crippen molar-refractivity contribution in [3.63, 3.8) is 0 Å². The topological polar surface area (TPSA) is 12.0 Å². The Bertz CT molecular complexity index is 356. The van der Waals surface area contributed by atoms with E-state index in [1.807, 2.05) is 0 Å². The fourth-order valence-corrected chi connectivity index (χ4v) is 3.44. The molecule has 1 heterocycles. The van der Waals surface area contributed by atoms with E-state index in [4.69, 9.17) is 0 Å². The summed E-state index contributed by atoms with van der Waals surface area (Å²) < 4.78 is 0. The Labute approximate surface area is 98.3 Å². The molecule has 1 saturated heterocycles. The highest BCUT2D eigenvalue weighted by Gasteiger charge is 2.45. The van der Waals surface area contributed by atoms with Crippen molar-refractivity contribution < 1.29 is 0 Å². The molecule has 0 spiro atoms. The van der Waals surface area contributed by atoms with Crippen LogP contribution in [0.2, 0.25) is 0 Å². The van der Waals surface area contributed by atoms with Gasteiger partial charge in [-0.2, -0.15) is 0 Å². The molecule has 0 radical (unpaired) electrons. The predicted molar refractivity (Wildman–Crippen MR) is 67.7 cm³/mol. The van der Waals surface area contributed by atoms with E-state index >= 15 is 0 Å². The van der Waals surface area contributed by atoms with Crippen LogP contribution >= 0.6 is 0 Å². The molecular weight excluding hydrogens is 194 g/mol. The van der Waals surface area contributed by atoms with Crippen LogP contribution in [-0.2, 0) is 5.41 Å². The van der Waals surface area contributed by atoms with Crippen LogP contribution in [0.15, 0.2) is 24.3 Å². The van der Waals surface area contributed by atoms with E-state index in [-0.39, 0.29) is 0 Å². The first kappa shape index (κ1) is 10.3. The normalized spacial score (nSPS) is 27.7. The van der Waals surface area contributed by atoms with Gasteiger partial charge >= 0.3 is 0 Å². The minimum absolute atomic E-state index is 0.476. The molecule has 1 aromatic carbocycles. The largest absolute Gasteiger partial charge is 0.313 e. The van der Waals surface area contributed by atoms with Crippen molar-refractivity contribution in [1.82, 2.24) is 5.32 Å². The Balaban J connectivity index is 1.91. The lowest BCUT2D eigenvalue weighted by Gasteiger charge is -2.47. The zero-order valence-corrected chi connectivity index (χ0v) is 10.1. The summed E-state index contributed by atoms with van der Waals surface area (Å²) in [6.45, 7) is 3.39. The Morgan fingerprint density at radius 2 is 1.88 bits per heavy atom. The van der Waals surface area contributed by atoms with Crippen LogP contribution < -0.4 is 5.32 Å². The molecule has 3 rings (SSSR count). The molecule has 1 aliphatic heterocycles. The highest BCUT2D eigenvalue weighted by Crippen LogP contribution is 2.48. The minimum Gasteiger partial charge on any atom is -0.313 e. The SMILES string of the molecule is Cc1ccc(C2(C3CCCN3)CCC2)cc1. The third-order valence-corrected chi connectivity index (χ3v) is 4.60. The van der Waals surface area contributed by atoms with Crippen molar-refractivity contribution in [1.29, 1.82) is 0 Å². The fourth-order valence-electron chi connectivity index (χ4n) is 3.44. The van der Waals surface area contributed by atoms with Crippen LogP contribution in [0.5, 0.6) is 0 Å². The summed E-state index contributed by atoms with van der Waals surface area (Å²) >= 11 is 0. The summed E-state index contributed by atoms with van der Waals surface area (Å²) in [5.41, 5.74) is 3.42. The molecule has 86 valence electrons. The van der Waals surface area contributed by atoms with Crippen LogP contribution in [0, 0.1) is 6.92 Å². The van der Waals surface area contributed by atoms with Crippen LogP contribution in [0.25, 0.3) is 0 Å². The van der Waals surface area contributed by atoms with Gasteiger partial charge in [0.15, 0.2) is 0 Å². The molecule has 0 aromatic heterocycles. The highest BCUT2D eigenvalue weighted by molar-refractivity contribution is 5.33. The lowest BCUT2D eigenvalue weighted by atomic mass is 9.60. The molecule has 1 heteroatoms. The molecule has 0 amide bonds. The number of benzene rings is 1. The van der Waals surface area contributed by atoms with E-state index < -0.39 is 0 Å². The number of hydrogen-bond donors (Lipinski definition) is 1. The first-order valence-electron chi connectivity index (χ1n) is 6.62. The van der Waals surface area contributed by atoms with Gasteiger partial charge in [-0.15, -0.1) is 0 Å². The Morgan fingerprint density at radius 3 is 2.38 bits per heavy atom. The molecule has 1 N–H and O–H groups in total. The maximum atomic E-state index is 3.71. The van der Waals surface area contributed by atoms with Crippen molar-refractivity contribution in [2.24, 2.45) is 0 Å². The van der Waals surface area contributed by atoms with Crippen LogP contribution in [0.4, 0.5) is 0 Å². The van der Waals surface area contributed by atoms with E-state index in [0.29, 0.717) is 5.41 Å². The van der Waals surface area contributed by atoms with Crippen molar-refractivity contribution >= 4 is 0 Å². The van der Waals surface area contributed by atoms with Gasteiger partial charge in [-0.3, -0.25) is 0 Å². The number of aryl methyl sites for hydroxylation is 1. The van der Waals surface area contributed by atoms with Gasteiger partial charge in [0.25, 0.3) is 0 Å². The molecule has 0 bridgehead atoms. The second-order valence-corrected chi connectivity index (χ2v) is 5.52. The highest BCUT2D eigenvalue weighted by atomic mass is 15.0. The average Bonchev–Trinajstić information content (AvgIpc) is 2.73. The Hall–Kier alpha value is -0.820. The van der Waals surface area contributed by atoms with Crippen molar-refractivity contribution in [2.75, 3.05) is 6.54 Å². The smallest absolute Gasteiger partial charge is 0.0164 e. The van der Waals surface area contributed by atoms with Crippen molar-refractivity contribution in [2.45, 2.75) is 50.5 Å². The van der Waals surface area contributed by atoms with Gasteiger partial charge in [-0.1, -0.05) is 36.2 Å². The maximum absolute atomic E-state index is 3.71. The zero-order chi connectivity index (χ0) is 11.0. The van der Waals surface area contributed by atoms with Gasteiger partial charge < -0.3 is 5.32 Å². The second-order valence-electron chi connectivity index (χ2n) is 5.52. The van der Waals surface area contributed by atoms with Gasteiger partial charge in [0, 0.05) is 11.5 Å². The summed E-state index contributed by atoms with van der Waals surface area (Å²) in [5, 5.41) is 3.71. The van der Waals surface area contributed by atoms with E-state index in [1.54, 1.807) is 5.56 Å². The second kappa shape index (κ2) is 3.89. The molecule has 2 aliphatic rings. The molecule has 1 atom stereocenters. The summed E-state index contributed by atoms with van der Waals surface area (Å²) in [7, 11) is 0. The van der Waals surface area contributed by atoms with E-state index in [2.05, 4.69) is 36.5 Å². The summed E-state index contributed by atoms with van der Waals surface area (Å²) in [5.74, 6) is 0. The molecular formula is C15H21N. The number of nitrogens with one attached hydrogen (secondary N) is 1. The van der Waals surface area contributed by atoms with E-state index in [1.165, 1.54) is 44.2 Å². The summed E-state index contributed by atoms with van der Waals surface area (Å²) in [4.78, 5) is 0. The first-order valence-corrected chi connectivity index (χ1v) is 6.62. The molecule has 1 aliphatic carbocycles. The number of rotatable bonds is 2. The van der Waals surface area contributed by atoms with E-state index in [0.717, 1.165) is 6.04 Å². The van der Waals surface area contributed by atoms with Crippen molar-refractivity contribution in [3.05, 3.63) is 35.4 Å². The Morgan fingerprint density at radius 1 is 1.12 bits per heavy atom. The number of hydrogen-bond acceptors (Lipinski definition) is 1. The average molecular weight is 215 g/mol. The lowest BCUT2D eigenvalue weighted by Crippen LogP contribution is -2.50. The van der Waals surface area contributed by atoms with Crippen molar-refractivity contribution in [3.8, 4) is 0 Å². The Kier molecular flexibility index (Phi) is 2.51. The van der Waals surface area contributed by atoms with Gasteiger partial charge in [0.05, 0.1) is 0 Å². The molecule has 1 unspecified atom stereocenters. The third-order valence-electron chi connectivity index (χ3n) is 4.60. The lowest BCUT2D eigenvalue weighted by molar-refractivity contribution is 0.182. The van der Waals surface area contributed by atoms with Gasteiger partial charge in [-0.25, -0.2) is 0 Å². The summed E-state index contributed by atoms with van der Waals surface area (Å²) in [6.07, 6.45) is 6.90. The monoisotopic (exact) mass is 215 g/mol. The van der Waals surface area contributed by atoms with E-state index in [9.17, 15) is 0 Å². The van der Waals surface area contributed by atoms with Gasteiger partial charge in [0.2, 0.25) is 0 Å². The summed E-state index contributed by atoms with van der Waals surface area (Å²) in [6, 6.07) is 9.99. The minimum atomic E-state index is 0.476. The predicted octanol–water partition coefficient (Wildman–Crippen LogP) is 3.17. The molecule has 1 nitrogen and oxygen atoms in total. The molecule has 2 fully saturated rings. The zero-order valence-electron chi connectivity index (χ0n) is 10.1.